The van der Waals surface area contributed by atoms with Gasteiger partial charge >= 0.3 is 0 Å². The Balaban J connectivity index is 1.54. The van der Waals surface area contributed by atoms with Gasteiger partial charge in [0.1, 0.15) is 12.1 Å². The summed E-state index contributed by atoms with van der Waals surface area (Å²) in [4.78, 5) is 29.4. The lowest BCUT2D eigenvalue weighted by Gasteiger charge is -2.45. The molecule has 0 saturated carbocycles. The molecule has 2 heterocycles. The molecule has 1 aromatic carbocycles. The quantitative estimate of drug-likeness (QED) is 0.836. The fraction of sp³-hybridized carbons (Fsp3) is 0.579. The van der Waals surface area contributed by atoms with Crippen LogP contribution in [0.15, 0.2) is 30.3 Å². The number of rotatable bonds is 6. The van der Waals surface area contributed by atoms with E-state index in [-0.39, 0.29) is 17.9 Å². The predicted molar refractivity (Wildman–Crippen MR) is 101 cm³/mol. The number of hydrogen-bond donors (Lipinski definition) is 1. The molecular formula is C19H27N3O2S. The van der Waals surface area contributed by atoms with Crippen LogP contribution in [-0.2, 0) is 15.3 Å². The maximum atomic E-state index is 12.8. The van der Waals surface area contributed by atoms with Gasteiger partial charge in [-0.25, -0.2) is 0 Å². The Morgan fingerprint density at radius 3 is 2.68 bits per heavy atom. The van der Waals surface area contributed by atoms with Crippen molar-refractivity contribution < 1.29 is 9.59 Å². The zero-order valence-corrected chi connectivity index (χ0v) is 15.8. The Hall–Kier alpha value is -1.53. The van der Waals surface area contributed by atoms with E-state index in [0.717, 1.165) is 18.8 Å². The largest absolute Gasteiger partial charge is 0.342 e. The van der Waals surface area contributed by atoms with Crippen LogP contribution >= 0.6 is 11.8 Å². The Labute approximate surface area is 154 Å². The van der Waals surface area contributed by atoms with Gasteiger partial charge in [0.05, 0.1) is 0 Å². The van der Waals surface area contributed by atoms with Crippen LogP contribution < -0.4 is 5.32 Å². The van der Waals surface area contributed by atoms with E-state index in [9.17, 15) is 9.59 Å². The average molecular weight is 362 g/mol. The summed E-state index contributed by atoms with van der Waals surface area (Å²) in [6.45, 7) is 7.50. The maximum Gasteiger partial charge on any atom is 0.246 e. The number of carbonyl (C=O) groups is 2. The molecule has 25 heavy (non-hydrogen) atoms. The molecule has 2 aliphatic rings. The molecule has 0 radical (unpaired) electrons. The van der Waals surface area contributed by atoms with Gasteiger partial charge in [0, 0.05) is 37.7 Å². The summed E-state index contributed by atoms with van der Waals surface area (Å²) < 4.78 is 0. The van der Waals surface area contributed by atoms with Gasteiger partial charge in [-0.05, 0) is 11.5 Å². The number of thioether (sulfide) groups is 1. The number of benzene rings is 1. The second-order valence-corrected chi connectivity index (χ2v) is 8.29. The fourth-order valence-electron chi connectivity index (χ4n) is 3.52. The molecule has 6 heteroatoms. The minimum Gasteiger partial charge on any atom is -0.342 e. The summed E-state index contributed by atoms with van der Waals surface area (Å²) in [5.74, 6) is 2.12. The van der Waals surface area contributed by atoms with Crippen molar-refractivity contribution in [2.75, 3.05) is 31.9 Å². The van der Waals surface area contributed by atoms with Crippen molar-refractivity contribution >= 4 is 23.6 Å². The normalized spacial score (nSPS) is 24.4. The van der Waals surface area contributed by atoms with Gasteiger partial charge in [0.15, 0.2) is 0 Å². The molecule has 0 unspecified atom stereocenters. The Kier molecular flexibility index (Phi) is 6.02. The van der Waals surface area contributed by atoms with Crippen LogP contribution in [0, 0.1) is 5.92 Å². The summed E-state index contributed by atoms with van der Waals surface area (Å²) in [6, 6.07) is 9.48. The van der Waals surface area contributed by atoms with E-state index in [1.54, 1.807) is 16.7 Å². The first-order chi connectivity index (χ1) is 12.0. The molecule has 2 fully saturated rings. The van der Waals surface area contributed by atoms with Gasteiger partial charge < -0.3 is 10.2 Å². The molecule has 0 spiro atoms. The van der Waals surface area contributed by atoms with Gasteiger partial charge in [0.2, 0.25) is 11.8 Å². The SMILES string of the molecule is CC(C)CN1CCN2C(=O)[C@H](CSCc3ccccc3)NC(=O)[C@H]2C1. The lowest BCUT2D eigenvalue weighted by molar-refractivity contribution is -0.152. The Bertz CT molecular complexity index is 608. The fourth-order valence-corrected chi connectivity index (χ4v) is 4.53. The van der Waals surface area contributed by atoms with Crippen molar-refractivity contribution in [3.05, 3.63) is 35.9 Å². The molecule has 2 amide bonds. The van der Waals surface area contributed by atoms with E-state index in [0.29, 0.717) is 24.8 Å². The Morgan fingerprint density at radius 2 is 1.96 bits per heavy atom. The monoisotopic (exact) mass is 361 g/mol. The van der Waals surface area contributed by atoms with Crippen LogP contribution in [0.5, 0.6) is 0 Å². The topological polar surface area (TPSA) is 52.6 Å². The van der Waals surface area contributed by atoms with Crippen molar-refractivity contribution in [3.8, 4) is 0 Å². The first-order valence-corrected chi connectivity index (χ1v) is 10.1. The molecule has 1 aromatic rings. The lowest BCUT2D eigenvalue weighted by Crippen LogP contribution is -2.69. The van der Waals surface area contributed by atoms with E-state index in [1.165, 1.54) is 5.56 Å². The summed E-state index contributed by atoms with van der Waals surface area (Å²) in [7, 11) is 0. The third kappa shape index (κ3) is 4.55. The molecule has 0 aromatic heterocycles. The van der Waals surface area contributed by atoms with E-state index in [4.69, 9.17) is 0 Å². The number of fused-ring (bicyclic) bond motifs is 1. The van der Waals surface area contributed by atoms with Gasteiger partial charge in [-0.1, -0.05) is 44.2 Å². The first kappa shape index (κ1) is 18.3. The van der Waals surface area contributed by atoms with Crippen molar-refractivity contribution in [1.29, 1.82) is 0 Å². The van der Waals surface area contributed by atoms with Crippen molar-refractivity contribution in [2.45, 2.75) is 31.7 Å². The number of carbonyl (C=O) groups excluding carboxylic acids is 2. The lowest BCUT2D eigenvalue weighted by atomic mass is 10.0. The molecule has 2 saturated heterocycles. The summed E-state index contributed by atoms with van der Waals surface area (Å²) in [5.41, 5.74) is 1.24. The van der Waals surface area contributed by atoms with Gasteiger partial charge in [0.25, 0.3) is 0 Å². The predicted octanol–water partition coefficient (Wildman–Crippen LogP) is 1.59. The van der Waals surface area contributed by atoms with Gasteiger partial charge in [-0.2, -0.15) is 11.8 Å². The highest BCUT2D eigenvalue weighted by molar-refractivity contribution is 7.98. The van der Waals surface area contributed by atoms with Crippen LogP contribution in [-0.4, -0.2) is 65.6 Å². The molecule has 3 rings (SSSR count). The molecule has 136 valence electrons. The number of hydrogen-bond acceptors (Lipinski definition) is 4. The van der Waals surface area contributed by atoms with Crippen LogP contribution in [0.1, 0.15) is 19.4 Å². The van der Waals surface area contributed by atoms with Gasteiger partial charge in [-0.3, -0.25) is 14.5 Å². The number of nitrogens with zero attached hydrogens (tertiary/aromatic N) is 2. The number of nitrogens with one attached hydrogen (secondary N) is 1. The van der Waals surface area contributed by atoms with Gasteiger partial charge in [-0.15, -0.1) is 0 Å². The molecule has 0 bridgehead atoms. The van der Waals surface area contributed by atoms with E-state index in [2.05, 4.69) is 36.2 Å². The minimum absolute atomic E-state index is 0.00151. The standard InChI is InChI=1S/C19H27N3O2S/c1-14(2)10-21-8-9-22-17(11-21)18(23)20-16(19(22)24)13-25-12-15-6-4-3-5-7-15/h3-7,14,16-17H,8-13H2,1-2H3,(H,20,23)/t16-,17+/m0/s1. The van der Waals surface area contributed by atoms with E-state index >= 15 is 0 Å². The van der Waals surface area contributed by atoms with Crippen LogP contribution in [0.2, 0.25) is 0 Å². The smallest absolute Gasteiger partial charge is 0.246 e. The highest BCUT2D eigenvalue weighted by Gasteiger charge is 2.43. The van der Waals surface area contributed by atoms with Crippen molar-refractivity contribution in [2.24, 2.45) is 5.92 Å². The van der Waals surface area contributed by atoms with Crippen LogP contribution in [0.4, 0.5) is 0 Å². The molecular weight excluding hydrogens is 334 g/mol. The molecule has 2 aliphatic heterocycles. The van der Waals surface area contributed by atoms with Crippen LogP contribution in [0.3, 0.4) is 0 Å². The van der Waals surface area contributed by atoms with Crippen molar-refractivity contribution in [1.82, 2.24) is 15.1 Å². The summed E-state index contributed by atoms with van der Waals surface area (Å²) >= 11 is 1.69. The third-order valence-electron chi connectivity index (χ3n) is 4.68. The maximum absolute atomic E-state index is 12.8. The summed E-state index contributed by atoms with van der Waals surface area (Å²) in [6.07, 6.45) is 0. The molecule has 2 atom stereocenters. The molecule has 5 nitrogen and oxygen atoms in total. The summed E-state index contributed by atoms with van der Waals surface area (Å²) in [5, 5.41) is 2.95. The molecule has 1 N–H and O–H groups in total. The first-order valence-electron chi connectivity index (χ1n) is 8.99. The second-order valence-electron chi connectivity index (χ2n) is 7.26. The molecule has 0 aliphatic carbocycles. The average Bonchev–Trinajstić information content (AvgIpc) is 2.59. The Morgan fingerprint density at radius 1 is 1.20 bits per heavy atom. The second kappa shape index (κ2) is 8.23. The number of amides is 2. The zero-order chi connectivity index (χ0) is 17.8. The zero-order valence-electron chi connectivity index (χ0n) is 15.0. The highest BCUT2D eigenvalue weighted by atomic mass is 32.2. The number of piperazine rings is 2. The van der Waals surface area contributed by atoms with Crippen molar-refractivity contribution in [3.63, 3.8) is 0 Å². The van der Waals surface area contributed by atoms with E-state index < -0.39 is 6.04 Å². The van der Waals surface area contributed by atoms with E-state index in [1.807, 2.05) is 18.2 Å². The third-order valence-corrected chi connectivity index (χ3v) is 5.79. The van der Waals surface area contributed by atoms with Crippen LogP contribution in [0.25, 0.3) is 0 Å². The minimum atomic E-state index is -0.394. The highest BCUT2D eigenvalue weighted by Crippen LogP contribution is 2.20.